The van der Waals surface area contributed by atoms with Crippen LogP contribution < -0.4 is 9.57 Å². The van der Waals surface area contributed by atoms with E-state index in [1.807, 2.05) is 30.6 Å². The maximum atomic E-state index is 12.0. The molecule has 0 amide bonds. The Hall–Kier alpha value is -1.26. The molecule has 0 aromatic carbocycles. The predicted octanol–water partition coefficient (Wildman–Crippen LogP) is 7.60. The van der Waals surface area contributed by atoms with Gasteiger partial charge in [0.2, 0.25) is 12.4 Å². The van der Waals surface area contributed by atoms with Gasteiger partial charge in [0.1, 0.15) is 0 Å². The lowest BCUT2D eigenvalue weighted by atomic mass is 10.0. The van der Waals surface area contributed by atoms with Crippen LogP contribution >= 0.6 is 0 Å². The molecule has 1 rings (SSSR count). The van der Waals surface area contributed by atoms with E-state index < -0.39 is 12.6 Å². The van der Waals surface area contributed by atoms with Crippen molar-refractivity contribution in [2.45, 2.75) is 115 Å². The highest BCUT2D eigenvalue weighted by Gasteiger charge is 2.25. The number of nitrogens with zero attached hydrogens (tertiary/aromatic N) is 1. The normalized spacial score (nSPS) is 11.7. The summed E-state index contributed by atoms with van der Waals surface area (Å²) in [4.78, 5) is 5.62. The van der Waals surface area contributed by atoms with Crippen molar-refractivity contribution in [1.82, 2.24) is 0 Å². The minimum atomic E-state index is -3.98. The molecule has 0 saturated heterocycles. The van der Waals surface area contributed by atoms with Gasteiger partial charge in [0.05, 0.1) is 0 Å². The molecule has 0 radical (unpaired) electrons. The number of aromatic nitrogens is 1. The van der Waals surface area contributed by atoms with Crippen LogP contribution in [-0.4, -0.2) is 12.8 Å². The number of rotatable bonds is 19. The Bertz CT molecular complexity index is 465. The summed E-state index contributed by atoms with van der Waals surface area (Å²) in [5, 5.41) is 0. The fourth-order valence-electron chi connectivity index (χ4n) is 3.54. The van der Waals surface area contributed by atoms with E-state index in [9.17, 15) is 13.2 Å². The van der Waals surface area contributed by atoms with Gasteiger partial charge in [0, 0.05) is 23.3 Å². The maximum Gasteiger partial charge on any atom is 0.389 e. The third-order valence-corrected chi connectivity index (χ3v) is 5.28. The number of unbranched alkanes of at least 4 members (excludes halogenated alkanes) is 15. The second-order valence-electron chi connectivity index (χ2n) is 8.09. The first-order chi connectivity index (χ1) is 14.1. The minimum Gasteiger partial charge on any atom is -0.271 e. The summed E-state index contributed by atoms with van der Waals surface area (Å²) in [6, 6.07) is 5.91. The van der Waals surface area contributed by atoms with E-state index in [-0.39, 0.29) is 0 Å². The van der Waals surface area contributed by atoms with E-state index in [1.165, 1.54) is 70.6 Å². The van der Waals surface area contributed by atoms with Gasteiger partial charge in [-0.05, 0) is 19.3 Å². The van der Waals surface area contributed by atoms with Gasteiger partial charge in [0.15, 0.2) is 6.61 Å². The third-order valence-electron chi connectivity index (χ3n) is 5.28. The predicted molar refractivity (Wildman–Crippen MR) is 113 cm³/mol. The summed E-state index contributed by atoms with van der Waals surface area (Å²) in [6.45, 7) is 0.780. The molecular weight excluding hydrogens is 375 g/mol. The Morgan fingerprint density at radius 1 is 0.517 bits per heavy atom. The minimum absolute atomic E-state index is 0.296. The molecule has 0 aliphatic carbocycles. The molecule has 5 heteroatoms. The van der Waals surface area contributed by atoms with E-state index in [0.717, 1.165) is 32.3 Å². The summed E-state index contributed by atoms with van der Waals surface area (Å²) in [5.41, 5.74) is 0. The highest BCUT2D eigenvalue weighted by molar-refractivity contribution is 4.83. The quantitative estimate of drug-likeness (QED) is 0.167. The van der Waals surface area contributed by atoms with Crippen molar-refractivity contribution < 1.29 is 22.7 Å². The van der Waals surface area contributed by atoms with Crippen LogP contribution in [0.4, 0.5) is 13.2 Å². The van der Waals surface area contributed by atoms with Gasteiger partial charge in [-0.3, -0.25) is 4.84 Å². The molecule has 0 atom stereocenters. The SMILES string of the molecule is FC(F)(F)CCCCCCCCCCCCCCCCCCO[n+]1ccccc1. The summed E-state index contributed by atoms with van der Waals surface area (Å²) in [5.74, 6) is 0. The summed E-state index contributed by atoms with van der Waals surface area (Å²) in [7, 11) is 0. The first-order valence-electron chi connectivity index (χ1n) is 11.7. The average molecular weight is 417 g/mol. The molecule has 0 N–H and O–H groups in total. The molecule has 0 bridgehead atoms. The van der Waals surface area contributed by atoms with Crippen LogP contribution in [0.5, 0.6) is 0 Å². The van der Waals surface area contributed by atoms with Crippen molar-refractivity contribution in [3.8, 4) is 0 Å². The molecular formula is C24H41F3NO+. The Balaban J connectivity index is 1.69. The fraction of sp³-hybridized carbons (Fsp3) is 0.792. The van der Waals surface area contributed by atoms with Gasteiger partial charge in [-0.15, -0.1) is 0 Å². The van der Waals surface area contributed by atoms with Crippen LogP contribution in [0, 0.1) is 0 Å². The lowest BCUT2D eigenvalue weighted by Crippen LogP contribution is -2.42. The fourth-order valence-corrected chi connectivity index (χ4v) is 3.54. The number of halogens is 3. The van der Waals surface area contributed by atoms with E-state index in [0.29, 0.717) is 6.42 Å². The molecule has 1 aromatic heterocycles. The number of hydrogen-bond acceptors (Lipinski definition) is 1. The summed E-state index contributed by atoms with van der Waals surface area (Å²) in [6.07, 6.45) is 17.6. The molecule has 0 fully saturated rings. The first-order valence-corrected chi connectivity index (χ1v) is 11.7. The number of alkyl halides is 3. The monoisotopic (exact) mass is 416 g/mol. The third kappa shape index (κ3) is 18.5. The largest absolute Gasteiger partial charge is 0.389 e. The zero-order valence-electron chi connectivity index (χ0n) is 18.1. The lowest BCUT2D eigenvalue weighted by Gasteiger charge is -2.05. The maximum absolute atomic E-state index is 12.0. The van der Waals surface area contributed by atoms with Crippen LogP contribution in [0.1, 0.15) is 109 Å². The van der Waals surface area contributed by atoms with E-state index in [1.54, 1.807) is 4.73 Å². The molecule has 1 heterocycles. The van der Waals surface area contributed by atoms with Gasteiger partial charge >= 0.3 is 6.18 Å². The average Bonchev–Trinajstić information content (AvgIpc) is 2.69. The zero-order chi connectivity index (χ0) is 21.0. The molecule has 0 aliphatic rings. The molecule has 168 valence electrons. The van der Waals surface area contributed by atoms with Gasteiger partial charge in [-0.25, -0.2) is 0 Å². The van der Waals surface area contributed by atoms with Crippen LogP contribution in [0.2, 0.25) is 0 Å². The van der Waals surface area contributed by atoms with Crippen molar-refractivity contribution >= 4 is 0 Å². The topological polar surface area (TPSA) is 13.1 Å². The second kappa shape index (κ2) is 17.6. The van der Waals surface area contributed by atoms with Gasteiger partial charge in [-0.2, -0.15) is 13.2 Å². The molecule has 29 heavy (non-hydrogen) atoms. The van der Waals surface area contributed by atoms with E-state index in [2.05, 4.69) is 0 Å². The first kappa shape index (κ1) is 25.8. The molecule has 2 nitrogen and oxygen atoms in total. The van der Waals surface area contributed by atoms with Crippen molar-refractivity contribution in [3.05, 3.63) is 30.6 Å². The molecule has 0 saturated carbocycles. The van der Waals surface area contributed by atoms with Gasteiger partial charge in [0.25, 0.3) is 0 Å². The van der Waals surface area contributed by atoms with Crippen molar-refractivity contribution in [2.75, 3.05) is 6.61 Å². The van der Waals surface area contributed by atoms with Gasteiger partial charge in [-0.1, -0.05) is 89.5 Å². The Labute approximate surface area is 175 Å². The zero-order valence-corrected chi connectivity index (χ0v) is 18.1. The van der Waals surface area contributed by atoms with Crippen LogP contribution in [-0.2, 0) is 0 Å². The standard InChI is InChI=1S/C24H41F3NO/c25-24(26,27)20-16-13-11-9-7-5-3-1-2-4-6-8-10-12-14-19-23-29-28-21-17-15-18-22-28/h15,17-18,21-22H,1-14,16,19-20,23H2/q+1. The smallest absolute Gasteiger partial charge is 0.271 e. The van der Waals surface area contributed by atoms with Crippen molar-refractivity contribution in [3.63, 3.8) is 0 Å². The molecule has 1 aromatic rings. The number of hydrogen-bond donors (Lipinski definition) is 0. The van der Waals surface area contributed by atoms with Crippen LogP contribution in [0.15, 0.2) is 30.6 Å². The highest BCUT2D eigenvalue weighted by Crippen LogP contribution is 2.23. The lowest BCUT2D eigenvalue weighted by molar-refractivity contribution is -0.891. The number of pyridine rings is 1. The summed E-state index contributed by atoms with van der Waals surface area (Å²) < 4.78 is 37.8. The highest BCUT2D eigenvalue weighted by atomic mass is 19.4. The van der Waals surface area contributed by atoms with E-state index in [4.69, 9.17) is 4.84 Å². The van der Waals surface area contributed by atoms with Crippen LogP contribution in [0.3, 0.4) is 0 Å². The summed E-state index contributed by atoms with van der Waals surface area (Å²) >= 11 is 0. The Morgan fingerprint density at radius 3 is 1.31 bits per heavy atom. The molecule has 0 spiro atoms. The Kier molecular flexibility index (Phi) is 15.6. The van der Waals surface area contributed by atoms with Crippen molar-refractivity contribution in [1.29, 1.82) is 0 Å². The molecule has 0 aliphatic heterocycles. The van der Waals surface area contributed by atoms with Crippen LogP contribution in [0.25, 0.3) is 0 Å². The van der Waals surface area contributed by atoms with E-state index >= 15 is 0 Å². The molecule has 0 unspecified atom stereocenters. The van der Waals surface area contributed by atoms with Gasteiger partial charge < -0.3 is 0 Å². The Morgan fingerprint density at radius 2 is 0.897 bits per heavy atom. The van der Waals surface area contributed by atoms with Crippen molar-refractivity contribution in [2.24, 2.45) is 0 Å². The second-order valence-corrected chi connectivity index (χ2v) is 8.09.